The summed E-state index contributed by atoms with van der Waals surface area (Å²) < 4.78 is 5.64. The van der Waals surface area contributed by atoms with Gasteiger partial charge in [0.05, 0.1) is 12.0 Å². The van der Waals surface area contributed by atoms with Crippen LogP contribution >= 0.6 is 10.0 Å². The minimum Gasteiger partial charge on any atom is -0.464 e. The van der Waals surface area contributed by atoms with E-state index in [-0.39, 0.29) is 16.8 Å². The third-order valence-corrected chi connectivity index (χ3v) is 5.31. The lowest BCUT2D eigenvalue weighted by Gasteiger charge is -2.43. The molecule has 0 aliphatic rings. The Bertz CT molecular complexity index is 328. The quantitative estimate of drug-likeness (QED) is 0.687. The molecule has 1 unspecified atom stereocenters. The van der Waals surface area contributed by atoms with Crippen LogP contribution in [0.5, 0.6) is 0 Å². The van der Waals surface area contributed by atoms with Crippen molar-refractivity contribution in [2.45, 2.75) is 54.9 Å². The molecule has 0 aliphatic carbocycles. The maximum atomic E-state index is 12.7. The van der Waals surface area contributed by atoms with Crippen LogP contribution in [0, 0.1) is 16.2 Å². The summed E-state index contributed by atoms with van der Waals surface area (Å²) in [4.78, 5) is 12.7. The molecule has 0 bridgehead atoms. The average molecular weight is 305 g/mol. The molecule has 0 N–H and O–H groups in total. The largest absolute Gasteiger partial charge is 0.464 e. The van der Waals surface area contributed by atoms with Crippen LogP contribution in [-0.2, 0) is 9.53 Å². The zero-order valence-corrected chi connectivity index (χ0v) is 16.2. The maximum absolute atomic E-state index is 12.7. The molecule has 0 saturated heterocycles. The molecule has 0 heterocycles. The van der Waals surface area contributed by atoms with E-state index >= 15 is 0 Å². The number of carbonyl (C=O) groups excluding carboxylic acids is 1. The van der Waals surface area contributed by atoms with Crippen LogP contribution in [0.2, 0.25) is 0 Å². The van der Waals surface area contributed by atoms with Crippen LogP contribution in [0.1, 0.15) is 54.9 Å². The Morgan fingerprint density at radius 3 is 1.70 bits per heavy atom. The molecular weight excluding hydrogens is 268 g/mol. The standard InChI is InChI=1S/C17H36O2S/c1-15(2,3)13-17(7,16(4,5)6)14(18)19-11-12-20(8,9)10/h11-13H2,1-10H3. The van der Waals surface area contributed by atoms with E-state index in [4.69, 9.17) is 4.74 Å². The fraction of sp³-hybridized carbons (Fsp3) is 0.941. The van der Waals surface area contributed by atoms with Crippen molar-refractivity contribution in [1.82, 2.24) is 0 Å². The molecule has 20 heavy (non-hydrogen) atoms. The van der Waals surface area contributed by atoms with E-state index in [1.807, 2.05) is 0 Å². The highest BCUT2D eigenvalue weighted by Gasteiger charge is 2.47. The molecule has 0 spiro atoms. The number of rotatable bonds is 5. The Balaban J connectivity index is 4.94. The summed E-state index contributed by atoms with van der Waals surface area (Å²) in [5.74, 6) is 0.942. The van der Waals surface area contributed by atoms with Gasteiger partial charge in [-0.15, -0.1) is 0 Å². The van der Waals surface area contributed by atoms with Crippen molar-refractivity contribution in [2.75, 3.05) is 31.1 Å². The lowest BCUT2D eigenvalue weighted by molar-refractivity contribution is -0.164. The molecule has 0 aliphatic heterocycles. The number of ether oxygens (including phenoxy) is 1. The summed E-state index contributed by atoms with van der Waals surface area (Å²) >= 11 is 0. The lowest BCUT2D eigenvalue weighted by Crippen LogP contribution is -2.44. The SMILES string of the molecule is CC(C)(C)CC(C)(C(=O)OCCS(C)(C)C)C(C)(C)C. The van der Waals surface area contributed by atoms with Gasteiger partial charge in [0.25, 0.3) is 0 Å². The first kappa shape index (κ1) is 19.8. The van der Waals surface area contributed by atoms with Crippen molar-refractivity contribution in [3.05, 3.63) is 0 Å². The molecule has 0 saturated carbocycles. The fourth-order valence-corrected chi connectivity index (χ4v) is 2.83. The van der Waals surface area contributed by atoms with Crippen molar-refractivity contribution < 1.29 is 9.53 Å². The van der Waals surface area contributed by atoms with Gasteiger partial charge in [-0.3, -0.25) is 4.79 Å². The van der Waals surface area contributed by atoms with Gasteiger partial charge in [-0.1, -0.05) is 41.5 Å². The van der Waals surface area contributed by atoms with Gasteiger partial charge < -0.3 is 4.74 Å². The van der Waals surface area contributed by atoms with E-state index in [1.54, 1.807) is 0 Å². The van der Waals surface area contributed by atoms with Gasteiger partial charge in [0.15, 0.2) is 0 Å². The summed E-state index contributed by atoms with van der Waals surface area (Å²) in [6, 6.07) is 0. The van der Waals surface area contributed by atoms with Gasteiger partial charge in [0.1, 0.15) is 0 Å². The molecule has 0 aromatic carbocycles. The summed E-state index contributed by atoms with van der Waals surface area (Å²) in [5.41, 5.74) is -0.444. The first-order valence-electron chi connectivity index (χ1n) is 7.42. The molecule has 0 radical (unpaired) electrons. The highest BCUT2D eigenvalue weighted by atomic mass is 32.3. The topological polar surface area (TPSA) is 26.3 Å². The normalized spacial score (nSPS) is 17.5. The highest BCUT2D eigenvalue weighted by Crippen LogP contribution is 2.47. The minimum atomic E-state index is -0.613. The molecule has 0 aromatic rings. The van der Waals surface area contributed by atoms with Gasteiger partial charge in [-0.2, -0.15) is 0 Å². The molecule has 0 fully saturated rings. The summed E-state index contributed by atoms with van der Waals surface area (Å²) in [6.45, 7) is 15.6. The Morgan fingerprint density at radius 2 is 1.40 bits per heavy atom. The number of hydrogen-bond donors (Lipinski definition) is 0. The second-order valence-corrected chi connectivity index (χ2v) is 13.8. The van der Waals surface area contributed by atoms with Gasteiger partial charge in [-0.25, -0.2) is 10.0 Å². The fourth-order valence-electron chi connectivity index (χ4n) is 2.25. The maximum Gasteiger partial charge on any atom is 0.312 e. The number of hydrogen-bond acceptors (Lipinski definition) is 2. The van der Waals surface area contributed by atoms with E-state index in [2.05, 4.69) is 67.2 Å². The second kappa shape index (κ2) is 6.29. The molecule has 0 aromatic heterocycles. The zero-order valence-electron chi connectivity index (χ0n) is 15.3. The predicted octanol–water partition coefficient (Wildman–Crippen LogP) is 4.71. The number of esters is 1. The van der Waals surface area contributed by atoms with Crippen molar-refractivity contribution in [3.8, 4) is 0 Å². The monoisotopic (exact) mass is 304 g/mol. The van der Waals surface area contributed by atoms with Crippen LogP contribution in [0.15, 0.2) is 0 Å². The smallest absolute Gasteiger partial charge is 0.312 e. The minimum absolute atomic E-state index is 0.0384. The molecule has 2 nitrogen and oxygen atoms in total. The van der Waals surface area contributed by atoms with E-state index in [1.165, 1.54) is 0 Å². The average Bonchev–Trinajstić information content (AvgIpc) is 2.10. The van der Waals surface area contributed by atoms with Crippen LogP contribution in [0.25, 0.3) is 0 Å². The van der Waals surface area contributed by atoms with Crippen molar-refractivity contribution >= 4 is 16.0 Å². The first-order valence-corrected chi connectivity index (χ1v) is 10.4. The third kappa shape index (κ3) is 6.51. The molecule has 0 rings (SSSR count). The Hall–Kier alpha value is -0.180. The third-order valence-electron chi connectivity index (χ3n) is 3.92. The summed E-state index contributed by atoms with van der Waals surface area (Å²) in [7, 11) is -0.613. The zero-order chi connectivity index (χ0) is 16.4. The molecule has 1 atom stereocenters. The van der Waals surface area contributed by atoms with E-state index in [9.17, 15) is 4.79 Å². The lowest BCUT2D eigenvalue weighted by atomic mass is 9.61. The second-order valence-electron chi connectivity index (χ2n) is 9.25. The van der Waals surface area contributed by atoms with Crippen LogP contribution in [0.4, 0.5) is 0 Å². The molecular formula is C17H36O2S. The molecule has 0 amide bonds. The van der Waals surface area contributed by atoms with E-state index < -0.39 is 15.4 Å². The Kier molecular flexibility index (Phi) is 6.24. The number of carbonyl (C=O) groups is 1. The van der Waals surface area contributed by atoms with Crippen LogP contribution in [-0.4, -0.2) is 37.1 Å². The highest BCUT2D eigenvalue weighted by molar-refractivity contribution is 8.32. The van der Waals surface area contributed by atoms with E-state index in [0.29, 0.717) is 6.61 Å². The van der Waals surface area contributed by atoms with Crippen molar-refractivity contribution in [2.24, 2.45) is 16.2 Å². The van der Waals surface area contributed by atoms with Gasteiger partial charge >= 0.3 is 5.97 Å². The predicted molar refractivity (Wildman–Crippen MR) is 92.8 cm³/mol. The van der Waals surface area contributed by atoms with Crippen LogP contribution in [0.3, 0.4) is 0 Å². The molecule has 3 heteroatoms. The van der Waals surface area contributed by atoms with Gasteiger partial charge in [0, 0.05) is 5.75 Å². The van der Waals surface area contributed by atoms with E-state index in [0.717, 1.165) is 12.2 Å². The van der Waals surface area contributed by atoms with Crippen molar-refractivity contribution in [1.29, 1.82) is 0 Å². The Labute approximate surface area is 128 Å². The molecule has 122 valence electrons. The summed E-state index contributed by atoms with van der Waals surface area (Å²) in [5, 5.41) is 0. The first-order chi connectivity index (χ1) is 8.58. The van der Waals surface area contributed by atoms with Gasteiger partial charge in [0.2, 0.25) is 0 Å². The summed E-state index contributed by atoms with van der Waals surface area (Å²) in [6.07, 6.45) is 7.58. The van der Waals surface area contributed by atoms with Gasteiger partial charge in [-0.05, 0) is 42.9 Å². The van der Waals surface area contributed by atoms with Crippen LogP contribution < -0.4 is 0 Å². The van der Waals surface area contributed by atoms with Crippen molar-refractivity contribution in [3.63, 3.8) is 0 Å². The Morgan fingerprint density at radius 1 is 0.950 bits per heavy atom.